The lowest BCUT2D eigenvalue weighted by Gasteiger charge is -2.29. The Morgan fingerprint density at radius 3 is 2.24 bits per heavy atom. The Labute approximate surface area is 179 Å². The number of halogens is 1. The number of hydrogen-bond acceptors (Lipinski definition) is 4. The Hall–Kier alpha value is -1.85. The van der Waals surface area contributed by atoms with Crippen molar-refractivity contribution in [2.24, 2.45) is 0 Å². The Balaban J connectivity index is 2.16. The molecule has 1 atom stereocenters. The van der Waals surface area contributed by atoms with Crippen LogP contribution in [-0.4, -0.2) is 52.8 Å². The van der Waals surface area contributed by atoms with Crippen molar-refractivity contribution in [2.45, 2.75) is 58.9 Å². The molecule has 1 heterocycles. The molecule has 1 amide bonds. The summed E-state index contributed by atoms with van der Waals surface area (Å²) in [5.74, 6) is -1.25. The summed E-state index contributed by atoms with van der Waals surface area (Å²) in [4.78, 5) is 29.0. The molecule has 0 radical (unpaired) electrons. The van der Waals surface area contributed by atoms with Crippen molar-refractivity contribution in [3.63, 3.8) is 0 Å². The zero-order valence-corrected chi connectivity index (χ0v) is 18.5. The van der Waals surface area contributed by atoms with E-state index in [9.17, 15) is 14.7 Å². The van der Waals surface area contributed by atoms with Gasteiger partial charge in [0.25, 0.3) is 5.91 Å². The molecule has 0 spiro atoms. The number of unbranched alkanes of at least 4 members (excludes halogenated alkanes) is 2. The third-order valence-electron chi connectivity index (χ3n) is 5.41. The first-order valence-corrected chi connectivity index (χ1v) is 11.0. The molecule has 0 aromatic heterocycles. The number of amides is 1. The van der Waals surface area contributed by atoms with Gasteiger partial charge in [0.1, 0.15) is 0 Å². The topological polar surface area (TPSA) is 60.9 Å². The molecule has 1 aromatic carbocycles. The molecule has 1 aliphatic heterocycles. The van der Waals surface area contributed by atoms with Gasteiger partial charge >= 0.3 is 0 Å². The van der Waals surface area contributed by atoms with Crippen molar-refractivity contribution >= 4 is 23.3 Å². The van der Waals surface area contributed by atoms with E-state index in [4.69, 9.17) is 11.6 Å². The molecule has 0 fully saturated rings. The molecule has 0 saturated heterocycles. The van der Waals surface area contributed by atoms with Crippen LogP contribution in [0.25, 0.3) is 0 Å². The lowest BCUT2D eigenvalue weighted by molar-refractivity contribution is -0.129. The maximum atomic E-state index is 12.7. The monoisotopic (exact) mass is 420 g/mol. The van der Waals surface area contributed by atoms with Gasteiger partial charge in [-0.05, 0) is 57.5 Å². The zero-order chi connectivity index (χ0) is 21.4. The van der Waals surface area contributed by atoms with Crippen molar-refractivity contribution in [1.82, 2.24) is 9.80 Å². The minimum absolute atomic E-state index is 0.136. The Kier molecular flexibility index (Phi) is 9.18. The van der Waals surface area contributed by atoms with Gasteiger partial charge in [0, 0.05) is 11.6 Å². The van der Waals surface area contributed by atoms with Crippen LogP contribution in [0.15, 0.2) is 35.6 Å². The molecule has 2 rings (SSSR count). The van der Waals surface area contributed by atoms with Crippen molar-refractivity contribution in [3.05, 3.63) is 46.2 Å². The van der Waals surface area contributed by atoms with E-state index in [-0.39, 0.29) is 11.4 Å². The Morgan fingerprint density at radius 2 is 1.69 bits per heavy atom. The van der Waals surface area contributed by atoms with Gasteiger partial charge < -0.3 is 14.9 Å². The molecular formula is C23H33ClN2O3. The number of ketones is 1. The lowest BCUT2D eigenvalue weighted by atomic mass is 9.96. The summed E-state index contributed by atoms with van der Waals surface area (Å²) in [5.41, 5.74) is 0.808. The largest absolute Gasteiger partial charge is 0.503 e. The van der Waals surface area contributed by atoms with E-state index in [2.05, 4.69) is 18.7 Å². The molecule has 1 unspecified atom stereocenters. The molecule has 1 aliphatic rings. The molecule has 29 heavy (non-hydrogen) atoms. The lowest BCUT2D eigenvalue weighted by Crippen LogP contribution is -2.35. The average molecular weight is 421 g/mol. The second kappa shape index (κ2) is 11.4. The zero-order valence-electron chi connectivity index (χ0n) is 17.8. The van der Waals surface area contributed by atoms with Gasteiger partial charge in [-0.3, -0.25) is 9.59 Å². The minimum Gasteiger partial charge on any atom is -0.503 e. The minimum atomic E-state index is -0.631. The van der Waals surface area contributed by atoms with E-state index in [0.29, 0.717) is 17.1 Å². The first kappa shape index (κ1) is 23.4. The molecule has 0 saturated carbocycles. The number of aliphatic hydroxyl groups excluding tert-OH is 1. The summed E-state index contributed by atoms with van der Waals surface area (Å²) < 4.78 is 0. The molecule has 1 aromatic rings. The fraction of sp³-hybridized carbons (Fsp3) is 0.565. The van der Waals surface area contributed by atoms with Crippen LogP contribution in [0, 0.1) is 0 Å². The van der Waals surface area contributed by atoms with Gasteiger partial charge in [0.2, 0.25) is 0 Å². The van der Waals surface area contributed by atoms with Gasteiger partial charge in [-0.25, -0.2) is 0 Å². The predicted molar refractivity (Wildman–Crippen MR) is 117 cm³/mol. The van der Waals surface area contributed by atoms with E-state index in [1.54, 1.807) is 11.0 Å². The number of benzene rings is 1. The summed E-state index contributed by atoms with van der Waals surface area (Å²) in [6, 6.07) is 6.55. The van der Waals surface area contributed by atoms with Crippen LogP contribution < -0.4 is 0 Å². The Morgan fingerprint density at radius 1 is 1.10 bits per heavy atom. The molecular weight excluding hydrogens is 388 g/mol. The number of nitrogens with zero attached hydrogens (tertiary/aromatic N) is 2. The fourth-order valence-electron chi connectivity index (χ4n) is 3.83. The molecule has 0 aliphatic carbocycles. The number of carbonyl (C=O) groups excluding carboxylic acids is 2. The number of Topliss-reactive ketones (excluding diaryl/α,β-unsaturated/α-hetero) is 1. The van der Waals surface area contributed by atoms with Gasteiger partial charge in [-0.1, -0.05) is 56.5 Å². The highest BCUT2D eigenvalue weighted by Crippen LogP contribution is 2.40. The summed E-state index contributed by atoms with van der Waals surface area (Å²) in [7, 11) is 0. The van der Waals surface area contributed by atoms with Crippen LogP contribution in [0.3, 0.4) is 0 Å². The summed E-state index contributed by atoms with van der Waals surface area (Å²) in [6.45, 7) is 9.21. The number of rotatable bonds is 12. The smallest absolute Gasteiger partial charge is 0.290 e. The quantitative estimate of drug-likeness (QED) is 0.521. The molecule has 160 valence electrons. The van der Waals surface area contributed by atoms with Crippen LogP contribution in [0.2, 0.25) is 5.02 Å². The van der Waals surface area contributed by atoms with Crippen molar-refractivity contribution in [2.75, 3.05) is 26.2 Å². The van der Waals surface area contributed by atoms with E-state index in [1.807, 2.05) is 18.2 Å². The highest BCUT2D eigenvalue weighted by molar-refractivity contribution is 6.31. The molecule has 5 nitrogen and oxygen atoms in total. The van der Waals surface area contributed by atoms with Crippen LogP contribution in [0.5, 0.6) is 0 Å². The van der Waals surface area contributed by atoms with E-state index in [1.165, 1.54) is 6.92 Å². The first-order chi connectivity index (χ1) is 13.9. The highest BCUT2D eigenvalue weighted by Gasteiger charge is 2.42. The first-order valence-electron chi connectivity index (χ1n) is 10.6. The molecule has 1 N–H and O–H groups in total. The average Bonchev–Trinajstić information content (AvgIpc) is 2.94. The number of hydrogen-bond donors (Lipinski definition) is 1. The second-order valence-corrected chi connectivity index (χ2v) is 8.05. The van der Waals surface area contributed by atoms with Crippen molar-refractivity contribution < 1.29 is 14.7 Å². The van der Waals surface area contributed by atoms with Gasteiger partial charge in [0.05, 0.1) is 11.6 Å². The van der Waals surface area contributed by atoms with Crippen LogP contribution in [0.1, 0.15) is 64.5 Å². The third-order valence-corrected chi connectivity index (χ3v) is 5.76. The summed E-state index contributed by atoms with van der Waals surface area (Å²) in [6.07, 6.45) is 5.40. The van der Waals surface area contributed by atoms with E-state index in [0.717, 1.165) is 51.7 Å². The second-order valence-electron chi connectivity index (χ2n) is 7.64. The van der Waals surface area contributed by atoms with E-state index < -0.39 is 17.7 Å². The van der Waals surface area contributed by atoms with Crippen LogP contribution in [0.4, 0.5) is 0 Å². The predicted octanol–water partition coefficient (Wildman–Crippen LogP) is 4.92. The molecule has 0 bridgehead atoms. The normalized spacial score (nSPS) is 16.9. The standard InChI is InChI=1S/C23H33ClN2O3/c1-4-6-13-25(14-7-5-2)15-10-16-26-21(18-11-8-9-12-19(18)24)20(17(3)27)22(28)23(26)29/h8-9,11-12,21,28H,4-7,10,13-16H2,1-3H3. The van der Waals surface area contributed by atoms with Gasteiger partial charge in [-0.15, -0.1) is 0 Å². The number of aliphatic hydroxyl groups is 1. The van der Waals surface area contributed by atoms with E-state index >= 15 is 0 Å². The van der Waals surface area contributed by atoms with Crippen molar-refractivity contribution in [3.8, 4) is 0 Å². The van der Waals surface area contributed by atoms with Gasteiger partial charge in [0.15, 0.2) is 11.5 Å². The van der Waals surface area contributed by atoms with Crippen LogP contribution in [-0.2, 0) is 9.59 Å². The highest BCUT2D eigenvalue weighted by atomic mass is 35.5. The SMILES string of the molecule is CCCCN(CCCC)CCCN1C(=O)C(O)=C(C(C)=O)C1c1ccccc1Cl. The number of carbonyl (C=O) groups is 2. The van der Waals surface area contributed by atoms with Gasteiger partial charge in [-0.2, -0.15) is 0 Å². The fourth-order valence-corrected chi connectivity index (χ4v) is 4.07. The molecule has 6 heteroatoms. The van der Waals surface area contributed by atoms with Crippen LogP contribution >= 0.6 is 11.6 Å². The van der Waals surface area contributed by atoms with Crippen molar-refractivity contribution in [1.29, 1.82) is 0 Å². The maximum Gasteiger partial charge on any atom is 0.290 e. The summed E-state index contributed by atoms with van der Waals surface area (Å²) in [5, 5.41) is 10.9. The third kappa shape index (κ3) is 5.83. The summed E-state index contributed by atoms with van der Waals surface area (Å²) >= 11 is 6.37. The maximum absolute atomic E-state index is 12.7. The Bertz CT molecular complexity index is 739.